The number of methoxy groups -OCH3 is 3. The summed E-state index contributed by atoms with van der Waals surface area (Å²) in [6.45, 7) is 1.66. The molecule has 0 atom stereocenters. The Labute approximate surface area is 124 Å². The third-order valence-electron chi connectivity index (χ3n) is 3.23. The van der Waals surface area contributed by atoms with E-state index in [1.165, 1.54) is 21.3 Å². The van der Waals surface area contributed by atoms with Gasteiger partial charge in [-0.25, -0.2) is 0 Å². The van der Waals surface area contributed by atoms with Crippen molar-refractivity contribution in [1.29, 1.82) is 0 Å². The maximum Gasteiger partial charge on any atom is 0.203 e. The molecule has 0 spiro atoms. The minimum atomic E-state index is -0.110. The Morgan fingerprint density at radius 1 is 1.05 bits per heavy atom. The van der Waals surface area contributed by atoms with Gasteiger partial charge in [-0.05, 0) is 12.1 Å². The molecule has 0 fully saturated rings. The van der Waals surface area contributed by atoms with E-state index < -0.39 is 0 Å². The Hall–Kier alpha value is -2.43. The van der Waals surface area contributed by atoms with E-state index in [0.29, 0.717) is 22.8 Å². The zero-order valence-corrected chi connectivity index (χ0v) is 12.5. The maximum atomic E-state index is 12.3. The van der Waals surface area contributed by atoms with Crippen molar-refractivity contribution in [2.45, 2.75) is 0 Å². The van der Waals surface area contributed by atoms with Crippen molar-refractivity contribution in [1.82, 2.24) is 4.90 Å². The minimum Gasteiger partial charge on any atom is -0.493 e. The summed E-state index contributed by atoms with van der Waals surface area (Å²) < 4.78 is 15.7. The molecule has 1 aromatic rings. The lowest BCUT2D eigenvalue weighted by molar-refractivity contribution is 0.104. The summed E-state index contributed by atoms with van der Waals surface area (Å²) in [6.07, 6.45) is 7.47. The Bertz CT molecular complexity index is 545. The molecule has 112 valence electrons. The third-order valence-corrected chi connectivity index (χ3v) is 3.23. The standard InChI is InChI=1S/C16H19NO4/c1-19-14-10-12(11-15(20-2)16(14)21-3)13(18)6-9-17-7-4-5-8-17/h4-6,9-11H,7-8H2,1-3H3. The fourth-order valence-corrected chi connectivity index (χ4v) is 2.11. The minimum absolute atomic E-state index is 0.110. The number of carbonyl (C=O) groups excluding carboxylic acids is 1. The van der Waals surface area contributed by atoms with E-state index in [9.17, 15) is 4.79 Å². The molecular weight excluding hydrogens is 270 g/mol. The normalized spacial score (nSPS) is 13.8. The molecule has 0 saturated heterocycles. The van der Waals surface area contributed by atoms with Gasteiger partial charge in [-0.2, -0.15) is 0 Å². The van der Waals surface area contributed by atoms with Crippen LogP contribution in [0.1, 0.15) is 10.4 Å². The predicted molar refractivity (Wildman–Crippen MR) is 80.3 cm³/mol. The Kier molecular flexibility index (Phi) is 4.87. The molecule has 1 aliphatic rings. The van der Waals surface area contributed by atoms with Gasteiger partial charge in [0, 0.05) is 30.9 Å². The second-order valence-electron chi connectivity index (χ2n) is 4.52. The number of hydrogen-bond donors (Lipinski definition) is 0. The summed E-state index contributed by atoms with van der Waals surface area (Å²) in [5, 5.41) is 0. The first-order valence-electron chi connectivity index (χ1n) is 6.61. The molecule has 2 rings (SSSR count). The van der Waals surface area contributed by atoms with Crippen LogP contribution in [-0.2, 0) is 0 Å². The van der Waals surface area contributed by atoms with E-state index >= 15 is 0 Å². The Balaban J connectivity index is 2.24. The first-order chi connectivity index (χ1) is 10.2. The van der Waals surface area contributed by atoms with Gasteiger partial charge in [0.1, 0.15) is 0 Å². The van der Waals surface area contributed by atoms with Crippen LogP contribution in [0.3, 0.4) is 0 Å². The molecule has 0 aliphatic carbocycles. The van der Waals surface area contributed by atoms with Crippen molar-refractivity contribution < 1.29 is 19.0 Å². The summed E-state index contributed by atoms with van der Waals surface area (Å²) in [7, 11) is 4.58. The topological polar surface area (TPSA) is 48.0 Å². The SMILES string of the molecule is COc1cc(C(=O)C=CN2CC=CC2)cc(OC)c1OC. The first kappa shape index (κ1) is 15.0. The van der Waals surface area contributed by atoms with E-state index in [2.05, 4.69) is 12.2 Å². The molecule has 0 amide bonds. The summed E-state index contributed by atoms with van der Waals surface area (Å²) >= 11 is 0. The third kappa shape index (κ3) is 3.37. The van der Waals surface area contributed by atoms with Gasteiger partial charge in [-0.15, -0.1) is 0 Å². The molecule has 1 aromatic carbocycles. The highest BCUT2D eigenvalue weighted by Crippen LogP contribution is 2.38. The molecule has 0 radical (unpaired) electrons. The number of ketones is 1. The number of hydrogen-bond acceptors (Lipinski definition) is 5. The summed E-state index contributed by atoms with van der Waals surface area (Å²) in [5.41, 5.74) is 0.493. The van der Waals surface area contributed by atoms with Crippen LogP contribution >= 0.6 is 0 Å². The molecule has 0 aromatic heterocycles. The molecule has 5 nitrogen and oxygen atoms in total. The molecule has 1 heterocycles. The number of allylic oxidation sites excluding steroid dienone is 1. The van der Waals surface area contributed by atoms with Crippen LogP contribution in [0.2, 0.25) is 0 Å². The van der Waals surface area contributed by atoms with Gasteiger partial charge in [0.2, 0.25) is 5.75 Å². The smallest absolute Gasteiger partial charge is 0.203 e. The lowest BCUT2D eigenvalue weighted by Gasteiger charge is -2.13. The second-order valence-corrected chi connectivity index (χ2v) is 4.52. The lowest BCUT2D eigenvalue weighted by Crippen LogP contribution is -2.12. The fraction of sp³-hybridized carbons (Fsp3) is 0.312. The molecule has 21 heavy (non-hydrogen) atoms. The number of rotatable bonds is 6. The molecule has 1 aliphatic heterocycles. The van der Waals surface area contributed by atoms with Gasteiger partial charge in [0.25, 0.3) is 0 Å². The molecule has 0 saturated carbocycles. The van der Waals surface area contributed by atoms with E-state index in [1.807, 2.05) is 4.90 Å². The van der Waals surface area contributed by atoms with Crippen molar-refractivity contribution in [2.75, 3.05) is 34.4 Å². The average Bonchev–Trinajstić information content (AvgIpc) is 3.04. The van der Waals surface area contributed by atoms with Gasteiger partial charge in [-0.1, -0.05) is 12.2 Å². The summed E-state index contributed by atoms with van der Waals surface area (Å²) in [5.74, 6) is 1.30. The van der Waals surface area contributed by atoms with Gasteiger partial charge in [-0.3, -0.25) is 4.79 Å². The van der Waals surface area contributed by atoms with Crippen LogP contribution in [-0.4, -0.2) is 45.1 Å². The number of ether oxygens (including phenoxy) is 3. The van der Waals surface area contributed by atoms with E-state index in [0.717, 1.165) is 13.1 Å². The quantitative estimate of drug-likeness (QED) is 0.457. The highest BCUT2D eigenvalue weighted by molar-refractivity contribution is 6.05. The van der Waals surface area contributed by atoms with E-state index in [4.69, 9.17) is 14.2 Å². The molecular formula is C16H19NO4. The van der Waals surface area contributed by atoms with Crippen molar-refractivity contribution in [2.24, 2.45) is 0 Å². The maximum absolute atomic E-state index is 12.3. The largest absolute Gasteiger partial charge is 0.493 e. The number of nitrogens with zero attached hydrogens (tertiary/aromatic N) is 1. The Morgan fingerprint density at radius 2 is 1.62 bits per heavy atom. The van der Waals surface area contributed by atoms with Crippen molar-refractivity contribution in [3.63, 3.8) is 0 Å². The van der Waals surface area contributed by atoms with Crippen molar-refractivity contribution >= 4 is 5.78 Å². The predicted octanol–water partition coefficient (Wildman–Crippen LogP) is 2.28. The lowest BCUT2D eigenvalue weighted by atomic mass is 10.1. The zero-order chi connectivity index (χ0) is 15.2. The highest BCUT2D eigenvalue weighted by atomic mass is 16.5. The van der Waals surface area contributed by atoms with Crippen LogP contribution in [0.15, 0.2) is 36.6 Å². The number of carbonyl (C=O) groups is 1. The van der Waals surface area contributed by atoms with Crippen LogP contribution in [0, 0.1) is 0 Å². The van der Waals surface area contributed by atoms with Crippen molar-refractivity contribution in [3.8, 4) is 17.2 Å². The average molecular weight is 289 g/mol. The molecule has 0 bridgehead atoms. The molecule has 0 N–H and O–H groups in total. The second kappa shape index (κ2) is 6.83. The van der Waals surface area contributed by atoms with Gasteiger partial charge in [0.15, 0.2) is 17.3 Å². The number of benzene rings is 1. The van der Waals surface area contributed by atoms with Crippen LogP contribution in [0.5, 0.6) is 17.2 Å². The van der Waals surface area contributed by atoms with Crippen molar-refractivity contribution in [3.05, 3.63) is 42.1 Å². The monoisotopic (exact) mass is 289 g/mol. The van der Waals surface area contributed by atoms with Gasteiger partial charge < -0.3 is 19.1 Å². The van der Waals surface area contributed by atoms with Gasteiger partial charge in [0.05, 0.1) is 21.3 Å². The summed E-state index contributed by atoms with van der Waals surface area (Å²) in [6, 6.07) is 3.30. The summed E-state index contributed by atoms with van der Waals surface area (Å²) in [4.78, 5) is 14.3. The van der Waals surface area contributed by atoms with Gasteiger partial charge >= 0.3 is 0 Å². The zero-order valence-electron chi connectivity index (χ0n) is 12.5. The fourth-order valence-electron chi connectivity index (χ4n) is 2.11. The van der Waals surface area contributed by atoms with Crippen LogP contribution in [0.4, 0.5) is 0 Å². The van der Waals surface area contributed by atoms with E-state index in [1.54, 1.807) is 24.4 Å². The molecule has 0 unspecified atom stereocenters. The Morgan fingerprint density at radius 3 is 2.10 bits per heavy atom. The first-order valence-corrected chi connectivity index (χ1v) is 6.61. The van der Waals surface area contributed by atoms with Crippen LogP contribution < -0.4 is 14.2 Å². The van der Waals surface area contributed by atoms with Crippen LogP contribution in [0.25, 0.3) is 0 Å². The highest BCUT2D eigenvalue weighted by Gasteiger charge is 2.15. The van der Waals surface area contributed by atoms with E-state index in [-0.39, 0.29) is 5.78 Å². The molecule has 5 heteroatoms.